The summed E-state index contributed by atoms with van der Waals surface area (Å²) in [4.78, 5) is 0. The van der Waals surface area contributed by atoms with Gasteiger partial charge in [-0.3, -0.25) is 0 Å². The summed E-state index contributed by atoms with van der Waals surface area (Å²) in [6, 6.07) is 12.1. The highest BCUT2D eigenvalue weighted by atomic mass is 16.3. The van der Waals surface area contributed by atoms with Crippen LogP contribution in [0.25, 0.3) is 0 Å². The fourth-order valence-electron chi connectivity index (χ4n) is 4.85. The first-order valence-electron chi connectivity index (χ1n) is 9.65. The van der Waals surface area contributed by atoms with Gasteiger partial charge in [0.1, 0.15) is 11.5 Å². The molecular formula is C24H32O2. The molecule has 0 amide bonds. The fourth-order valence-corrected chi connectivity index (χ4v) is 4.85. The van der Waals surface area contributed by atoms with Gasteiger partial charge in [-0.1, -0.05) is 52.0 Å². The fraction of sp³-hybridized carbons (Fsp3) is 0.500. The Labute approximate surface area is 157 Å². The first kappa shape index (κ1) is 18.8. The lowest BCUT2D eigenvalue weighted by Crippen LogP contribution is -2.51. The number of aryl methyl sites for hydroxylation is 2. The Kier molecular flexibility index (Phi) is 4.58. The molecule has 1 aliphatic carbocycles. The molecule has 2 N–H and O–H groups in total. The smallest absolute Gasteiger partial charge is 0.118 e. The zero-order valence-corrected chi connectivity index (χ0v) is 16.9. The van der Waals surface area contributed by atoms with E-state index in [1.54, 1.807) is 0 Å². The van der Waals surface area contributed by atoms with Crippen LogP contribution >= 0.6 is 0 Å². The van der Waals surface area contributed by atoms with Crippen molar-refractivity contribution in [1.29, 1.82) is 0 Å². The standard InChI is InChI=1S/C24H32O2/c1-15-11-19(7-9-21(15)25)24(20-8-10-22(26)16(2)12-20)14-18(17(24)3)13-23(4,5)6/h7-12,17-18,25-26H,13-14H2,1-6H3. The van der Waals surface area contributed by atoms with E-state index in [-0.39, 0.29) is 5.41 Å². The minimum absolute atomic E-state index is 0.0488. The van der Waals surface area contributed by atoms with Gasteiger partial charge >= 0.3 is 0 Å². The van der Waals surface area contributed by atoms with E-state index in [9.17, 15) is 10.2 Å². The maximum absolute atomic E-state index is 9.99. The molecule has 0 bridgehead atoms. The maximum atomic E-state index is 9.99. The van der Waals surface area contributed by atoms with Gasteiger partial charge in [-0.25, -0.2) is 0 Å². The van der Waals surface area contributed by atoms with Crippen LogP contribution in [0, 0.1) is 31.1 Å². The molecule has 26 heavy (non-hydrogen) atoms. The van der Waals surface area contributed by atoms with Crippen LogP contribution in [0.1, 0.15) is 62.8 Å². The number of aromatic hydroxyl groups is 2. The van der Waals surface area contributed by atoms with E-state index >= 15 is 0 Å². The highest BCUT2D eigenvalue weighted by molar-refractivity contribution is 5.50. The third kappa shape index (κ3) is 3.11. The van der Waals surface area contributed by atoms with Crippen LogP contribution in [0.15, 0.2) is 36.4 Å². The number of rotatable bonds is 3. The van der Waals surface area contributed by atoms with Crippen molar-refractivity contribution in [3.05, 3.63) is 58.7 Å². The average molecular weight is 353 g/mol. The number of hydrogen-bond donors (Lipinski definition) is 2. The monoisotopic (exact) mass is 352 g/mol. The van der Waals surface area contributed by atoms with Gasteiger partial charge in [0.25, 0.3) is 0 Å². The molecule has 0 aromatic heterocycles. The molecule has 2 unspecified atom stereocenters. The van der Waals surface area contributed by atoms with Crippen LogP contribution in [-0.4, -0.2) is 10.2 Å². The van der Waals surface area contributed by atoms with Crippen molar-refractivity contribution in [3.8, 4) is 11.5 Å². The predicted molar refractivity (Wildman–Crippen MR) is 108 cm³/mol. The first-order valence-corrected chi connectivity index (χ1v) is 9.65. The Morgan fingerprint density at radius 3 is 1.73 bits per heavy atom. The largest absolute Gasteiger partial charge is 0.508 e. The Hall–Kier alpha value is -1.96. The van der Waals surface area contributed by atoms with Gasteiger partial charge in [0.15, 0.2) is 0 Å². The zero-order valence-electron chi connectivity index (χ0n) is 16.9. The highest BCUT2D eigenvalue weighted by Gasteiger charge is 2.53. The van der Waals surface area contributed by atoms with Gasteiger partial charge in [0.05, 0.1) is 0 Å². The van der Waals surface area contributed by atoms with Gasteiger partial charge in [0.2, 0.25) is 0 Å². The average Bonchev–Trinajstić information content (AvgIpc) is 2.55. The Morgan fingerprint density at radius 2 is 1.38 bits per heavy atom. The molecule has 1 saturated carbocycles. The topological polar surface area (TPSA) is 40.5 Å². The van der Waals surface area contributed by atoms with Crippen LogP contribution < -0.4 is 0 Å². The summed E-state index contributed by atoms with van der Waals surface area (Å²) in [6.07, 6.45) is 2.32. The third-order valence-electron chi connectivity index (χ3n) is 6.37. The minimum atomic E-state index is -0.0488. The molecule has 1 fully saturated rings. The Morgan fingerprint density at radius 1 is 0.923 bits per heavy atom. The molecule has 0 heterocycles. The summed E-state index contributed by atoms with van der Waals surface area (Å²) < 4.78 is 0. The third-order valence-corrected chi connectivity index (χ3v) is 6.37. The second-order valence-electron chi connectivity index (χ2n) is 9.49. The molecular weight excluding hydrogens is 320 g/mol. The second kappa shape index (κ2) is 6.33. The van der Waals surface area contributed by atoms with Gasteiger partial charge < -0.3 is 10.2 Å². The van der Waals surface area contributed by atoms with Crippen molar-refractivity contribution in [2.45, 2.75) is 59.8 Å². The lowest BCUT2D eigenvalue weighted by atomic mass is 9.47. The van der Waals surface area contributed by atoms with Crippen molar-refractivity contribution < 1.29 is 10.2 Å². The molecule has 2 atom stereocenters. The molecule has 0 spiro atoms. The lowest BCUT2D eigenvalue weighted by molar-refractivity contribution is 0.0434. The van der Waals surface area contributed by atoms with E-state index in [1.165, 1.54) is 17.5 Å². The number of benzene rings is 2. The number of phenols is 2. The van der Waals surface area contributed by atoms with E-state index in [0.29, 0.717) is 28.7 Å². The van der Waals surface area contributed by atoms with E-state index in [0.717, 1.165) is 17.5 Å². The van der Waals surface area contributed by atoms with Gasteiger partial charge in [-0.15, -0.1) is 0 Å². The Balaban J connectivity index is 2.08. The zero-order chi connectivity index (χ0) is 19.3. The van der Waals surface area contributed by atoms with Gasteiger partial charge in [-0.2, -0.15) is 0 Å². The summed E-state index contributed by atoms with van der Waals surface area (Å²) in [5.74, 6) is 1.89. The molecule has 2 aromatic carbocycles. The summed E-state index contributed by atoms with van der Waals surface area (Å²) in [7, 11) is 0. The Bertz CT molecular complexity index is 762. The first-order chi connectivity index (χ1) is 12.0. The molecule has 1 aliphatic rings. The van der Waals surface area contributed by atoms with Crippen LogP contribution in [0.4, 0.5) is 0 Å². The summed E-state index contributed by atoms with van der Waals surface area (Å²) in [6.45, 7) is 13.2. The van der Waals surface area contributed by atoms with Crippen LogP contribution in [0.3, 0.4) is 0 Å². The van der Waals surface area contributed by atoms with Crippen LogP contribution in [-0.2, 0) is 5.41 Å². The van der Waals surface area contributed by atoms with Crippen LogP contribution in [0.2, 0.25) is 0 Å². The molecule has 2 nitrogen and oxygen atoms in total. The molecule has 0 radical (unpaired) electrons. The molecule has 140 valence electrons. The van der Waals surface area contributed by atoms with E-state index < -0.39 is 0 Å². The molecule has 3 rings (SSSR count). The molecule has 2 aromatic rings. The SMILES string of the molecule is Cc1cc(C2(c3ccc(O)c(C)c3)CC(CC(C)(C)C)C2C)ccc1O. The maximum Gasteiger partial charge on any atom is 0.118 e. The van der Waals surface area contributed by atoms with E-state index in [1.807, 2.05) is 26.0 Å². The van der Waals surface area contributed by atoms with Crippen LogP contribution in [0.5, 0.6) is 11.5 Å². The van der Waals surface area contributed by atoms with Crippen molar-refractivity contribution >= 4 is 0 Å². The van der Waals surface area contributed by atoms with Gasteiger partial charge in [-0.05, 0) is 78.3 Å². The second-order valence-corrected chi connectivity index (χ2v) is 9.49. The molecule has 0 saturated heterocycles. The quantitative estimate of drug-likeness (QED) is 0.701. The van der Waals surface area contributed by atoms with E-state index in [4.69, 9.17) is 0 Å². The van der Waals surface area contributed by atoms with Crippen molar-refractivity contribution in [2.24, 2.45) is 17.3 Å². The van der Waals surface area contributed by atoms with Crippen molar-refractivity contribution in [2.75, 3.05) is 0 Å². The normalized spacial score (nSPS) is 22.1. The minimum Gasteiger partial charge on any atom is -0.508 e. The summed E-state index contributed by atoms with van der Waals surface area (Å²) >= 11 is 0. The molecule has 2 heteroatoms. The molecule has 0 aliphatic heterocycles. The van der Waals surface area contributed by atoms with Crippen molar-refractivity contribution in [3.63, 3.8) is 0 Å². The van der Waals surface area contributed by atoms with Gasteiger partial charge in [0, 0.05) is 5.41 Å². The van der Waals surface area contributed by atoms with E-state index in [2.05, 4.69) is 52.0 Å². The predicted octanol–water partition coefficient (Wildman–Crippen LogP) is 6.09. The highest BCUT2D eigenvalue weighted by Crippen LogP contribution is 2.59. The summed E-state index contributed by atoms with van der Waals surface area (Å²) in [5, 5.41) is 20.0. The van der Waals surface area contributed by atoms with Crippen molar-refractivity contribution in [1.82, 2.24) is 0 Å². The summed E-state index contributed by atoms with van der Waals surface area (Å²) in [5.41, 5.74) is 4.66. The number of hydrogen-bond acceptors (Lipinski definition) is 2. The number of phenolic OH excluding ortho intramolecular Hbond substituents is 2. The lowest BCUT2D eigenvalue weighted by Gasteiger charge is -2.56.